The molecule has 1 aromatic rings. The summed E-state index contributed by atoms with van der Waals surface area (Å²) in [5.41, 5.74) is 0.680. The molecule has 1 aromatic carbocycles. The lowest BCUT2D eigenvalue weighted by molar-refractivity contribution is -0.118. The van der Waals surface area contributed by atoms with Crippen LogP contribution < -0.4 is 9.46 Å². The molecule has 18 heavy (non-hydrogen) atoms. The van der Waals surface area contributed by atoms with E-state index in [4.69, 9.17) is 4.74 Å². The van der Waals surface area contributed by atoms with Gasteiger partial charge >= 0.3 is 0 Å². The van der Waals surface area contributed by atoms with Crippen LogP contribution in [0.1, 0.15) is 12.5 Å². The highest BCUT2D eigenvalue weighted by Crippen LogP contribution is 2.21. The van der Waals surface area contributed by atoms with Crippen molar-refractivity contribution in [3.05, 3.63) is 23.8 Å². The summed E-state index contributed by atoms with van der Waals surface area (Å²) in [6.07, 6.45) is 0. The second kappa shape index (κ2) is 5.71. The lowest BCUT2D eigenvalue weighted by Gasteiger charge is -2.10. The first-order valence-corrected chi connectivity index (χ1v) is 7.53. The van der Waals surface area contributed by atoms with Crippen LogP contribution in [0.5, 0.6) is 5.75 Å². The lowest BCUT2D eigenvalue weighted by atomic mass is 10.2. The molecular weight excluding hydrogens is 322 g/mol. The van der Waals surface area contributed by atoms with Gasteiger partial charge in [0.2, 0.25) is 5.91 Å². The number of carbonyl (C=O) groups is 1. The number of rotatable bonds is 4. The van der Waals surface area contributed by atoms with Gasteiger partial charge in [-0.25, -0.2) is 13.1 Å². The first-order chi connectivity index (χ1) is 8.27. The predicted octanol–water partition coefficient (Wildman–Crippen LogP) is 1.59. The molecule has 0 aliphatic heterocycles. The summed E-state index contributed by atoms with van der Waals surface area (Å²) in [7, 11) is -2.33. The van der Waals surface area contributed by atoms with Crippen LogP contribution in [0.3, 0.4) is 0 Å². The van der Waals surface area contributed by atoms with Crippen molar-refractivity contribution in [2.24, 2.45) is 0 Å². The number of ether oxygens (including phenoxy) is 1. The van der Waals surface area contributed by atoms with E-state index >= 15 is 0 Å². The fraction of sp³-hybridized carbons (Fsp3) is 0.364. The highest BCUT2D eigenvalue weighted by Gasteiger charge is 2.20. The van der Waals surface area contributed by atoms with Crippen LogP contribution in [0.4, 0.5) is 0 Å². The SMILES string of the molecule is COc1ccc(S(=O)(=O)NC(=O)C(C)Br)cc1C. The van der Waals surface area contributed by atoms with Gasteiger partial charge in [0.25, 0.3) is 10.0 Å². The van der Waals surface area contributed by atoms with E-state index in [-0.39, 0.29) is 4.90 Å². The van der Waals surface area contributed by atoms with Gasteiger partial charge in [0, 0.05) is 0 Å². The summed E-state index contributed by atoms with van der Waals surface area (Å²) in [6.45, 7) is 3.27. The summed E-state index contributed by atoms with van der Waals surface area (Å²) in [5.74, 6) is -0.0161. The van der Waals surface area contributed by atoms with Crippen LogP contribution in [0, 0.1) is 6.92 Å². The average Bonchev–Trinajstić information content (AvgIpc) is 2.28. The molecule has 100 valence electrons. The maximum Gasteiger partial charge on any atom is 0.264 e. The minimum absolute atomic E-state index is 0.0299. The molecule has 0 saturated heterocycles. The van der Waals surface area contributed by atoms with E-state index in [0.717, 1.165) is 0 Å². The zero-order valence-electron chi connectivity index (χ0n) is 10.2. The Kier molecular flexibility index (Phi) is 4.75. The highest BCUT2D eigenvalue weighted by atomic mass is 79.9. The smallest absolute Gasteiger partial charge is 0.264 e. The van der Waals surface area contributed by atoms with Crippen LogP contribution in [0.25, 0.3) is 0 Å². The molecule has 0 aromatic heterocycles. The Labute approximate surface area is 115 Å². The number of halogens is 1. The predicted molar refractivity (Wildman–Crippen MR) is 71.4 cm³/mol. The molecular formula is C11H14BrNO4S. The molecule has 0 bridgehead atoms. The van der Waals surface area contributed by atoms with Crippen molar-refractivity contribution in [3.8, 4) is 5.75 Å². The Morgan fingerprint density at radius 3 is 2.50 bits per heavy atom. The van der Waals surface area contributed by atoms with Crippen molar-refractivity contribution in [1.29, 1.82) is 0 Å². The van der Waals surface area contributed by atoms with E-state index in [0.29, 0.717) is 11.3 Å². The number of amides is 1. The molecule has 0 heterocycles. The third-order valence-electron chi connectivity index (χ3n) is 2.27. The number of nitrogens with one attached hydrogen (secondary N) is 1. The number of carbonyl (C=O) groups excluding carboxylic acids is 1. The summed E-state index contributed by atoms with van der Waals surface area (Å²) in [4.78, 5) is 10.8. The fourth-order valence-electron chi connectivity index (χ4n) is 1.29. The first-order valence-electron chi connectivity index (χ1n) is 5.13. The molecule has 1 amide bonds. The number of sulfonamides is 1. The molecule has 1 atom stereocenters. The van der Waals surface area contributed by atoms with Gasteiger partial charge in [0.15, 0.2) is 0 Å². The summed E-state index contributed by atoms with van der Waals surface area (Å²) >= 11 is 3.01. The largest absolute Gasteiger partial charge is 0.496 e. The van der Waals surface area contributed by atoms with E-state index in [1.807, 2.05) is 4.72 Å². The van der Waals surface area contributed by atoms with Crippen LogP contribution in [-0.2, 0) is 14.8 Å². The summed E-state index contributed by atoms with van der Waals surface area (Å²) < 4.78 is 30.8. The molecule has 1 rings (SSSR count). The first kappa shape index (κ1) is 15.0. The van der Waals surface area contributed by atoms with Crippen LogP contribution in [-0.4, -0.2) is 26.3 Å². The van der Waals surface area contributed by atoms with E-state index in [1.165, 1.54) is 19.2 Å². The van der Waals surface area contributed by atoms with Gasteiger partial charge in [0.1, 0.15) is 5.75 Å². The Balaban J connectivity index is 3.06. The fourth-order valence-corrected chi connectivity index (χ4v) is 2.70. The highest BCUT2D eigenvalue weighted by molar-refractivity contribution is 9.10. The van der Waals surface area contributed by atoms with E-state index in [1.54, 1.807) is 19.9 Å². The third kappa shape index (κ3) is 3.46. The van der Waals surface area contributed by atoms with Crippen molar-refractivity contribution >= 4 is 31.9 Å². The van der Waals surface area contributed by atoms with Crippen LogP contribution in [0.2, 0.25) is 0 Å². The zero-order valence-corrected chi connectivity index (χ0v) is 12.6. The number of hydrogen-bond donors (Lipinski definition) is 1. The third-order valence-corrected chi connectivity index (χ3v) is 4.03. The zero-order chi connectivity index (χ0) is 13.9. The van der Waals surface area contributed by atoms with Crippen LogP contribution in [0.15, 0.2) is 23.1 Å². The van der Waals surface area contributed by atoms with Crippen molar-refractivity contribution in [2.45, 2.75) is 23.6 Å². The summed E-state index contributed by atoms with van der Waals surface area (Å²) in [5, 5.41) is 0. The standard InChI is InChI=1S/C11H14BrNO4S/c1-7-6-9(4-5-10(7)17-3)18(15,16)13-11(14)8(2)12/h4-6,8H,1-3H3,(H,13,14). The minimum Gasteiger partial charge on any atom is -0.496 e. The van der Waals surface area contributed by atoms with Gasteiger partial charge in [-0.1, -0.05) is 15.9 Å². The number of hydrogen-bond acceptors (Lipinski definition) is 4. The van der Waals surface area contributed by atoms with Crippen LogP contribution >= 0.6 is 15.9 Å². The maximum absolute atomic E-state index is 11.9. The molecule has 1 unspecified atom stereocenters. The Morgan fingerprint density at radius 1 is 1.44 bits per heavy atom. The van der Waals surface area contributed by atoms with Gasteiger partial charge in [-0.3, -0.25) is 4.79 Å². The number of alkyl halides is 1. The van der Waals surface area contributed by atoms with Gasteiger partial charge in [0.05, 0.1) is 16.8 Å². The lowest BCUT2D eigenvalue weighted by Crippen LogP contribution is -2.34. The molecule has 0 saturated carbocycles. The number of methoxy groups -OCH3 is 1. The van der Waals surface area contributed by atoms with E-state index in [2.05, 4.69) is 15.9 Å². The summed E-state index contributed by atoms with van der Waals surface area (Å²) in [6, 6.07) is 4.39. The number of aryl methyl sites for hydroxylation is 1. The van der Waals surface area contributed by atoms with Gasteiger partial charge in [-0.2, -0.15) is 0 Å². The molecule has 0 spiro atoms. The molecule has 0 radical (unpaired) electrons. The second-order valence-electron chi connectivity index (χ2n) is 3.72. The molecule has 0 aliphatic carbocycles. The molecule has 1 N–H and O–H groups in total. The minimum atomic E-state index is -3.84. The van der Waals surface area contributed by atoms with Crippen molar-refractivity contribution in [2.75, 3.05) is 7.11 Å². The Morgan fingerprint density at radius 2 is 2.06 bits per heavy atom. The molecule has 0 aliphatic rings. The van der Waals surface area contributed by atoms with Crippen molar-refractivity contribution in [1.82, 2.24) is 4.72 Å². The van der Waals surface area contributed by atoms with E-state index in [9.17, 15) is 13.2 Å². The van der Waals surface area contributed by atoms with Gasteiger partial charge in [-0.15, -0.1) is 0 Å². The Hall–Kier alpha value is -1.08. The molecule has 5 nitrogen and oxygen atoms in total. The van der Waals surface area contributed by atoms with Gasteiger partial charge in [-0.05, 0) is 37.6 Å². The topological polar surface area (TPSA) is 72.5 Å². The van der Waals surface area contributed by atoms with Crippen molar-refractivity contribution < 1.29 is 17.9 Å². The Bertz CT molecular complexity index is 554. The quantitative estimate of drug-likeness (QED) is 0.848. The molecule has 7 heteroatoms. The van der Waals surface area contributed by atoms with Crippen molar-refractivity contribution in [3.63, 3.8) is 0 Å². The number of benzene rings is 1. The van der Waals surface area contributed by atoms with E-state index < -0.39 is 20.8 Å². The average molecular weight is 336 g/mol. The maximum atomic E-state index is 11.9. The van der Waals surface area contributed by atoms with Gasteiger partial charge < -0.3 is 4.74 Å². The normalized spacial score (nSPS) is 12.9. The monoisotopic (exact) mass is 335 g/mol. The molecule has 0 fully saturated rings. The second-order valence-corrected chi connectivity index (χ2v) is 6.77.